The maximum atomic E-state index is 5.18. The summed E-state index contributed by atoms with van der Waals surface area (Å²) in [7, 11) is 0. The number of benzene rings is 7. The summed E-state index contributed by atoms with van der Waals surface area (Å²) in [6, 6.07) is 64.3. The Kier molecular flexibility index (Phi) is 7.35. The van der Waals surface area contributed by atoms with Crippen molar-refractivity contribution >= 4 is 33.6 Å². The first-order valence-corrected chi connectivity index (χ1v) is 18.9. The van der Waals surface area contributed by atoms with Crippen molar-refractivity contribution in [2.24, 2.45) is 4.99 Å². The number of hydrogen-bond donors (Lipinski definition) is 1. The van der Waals surface area contributed by atoms with Crippen molar-refractivity contribution in [3.63, 3.8) is 0 Å². The quantitative estimate of drug-likeness (QED) is 0.186. The molecule has 1 N–H and O–H groups in total. The monoisotopic (exact) mass is 718 g/mol. The third-order valence-electron chi connectivity index (χ3n) is 11.2. The van der Waals surface area contributed by atoms with Crippen molar-refractivity contribution < 1.29 is 0 Å². The van der Waals surface area contributed by atoms with E-state index >= 15 is 0 Å². The lowest BCUT2D eigenvalue weighted by molar-refractivity contribution is 0.501. The number of allylic oxidation sites excluding steroid dienone is 1. The van der Waals surface area contributed by atoms with Gasteiger partial charge in [-0.2, -0.15) is 0 Å². The molecule has 6 heteroatoms. The smallest absolute Gasteiger partial charge is 0.200 e. The van der Waals surface area contributed by atoms with E-state index in [9.17, 15) is 0 Å². The number of rotatable bonds is 6. The number of fused-ring (bicyclic) bond motifs is 6. The molecule has 0 saturated carbocycles. The van der Waals surface area contributed by atoms with Gasteiger partial charge in [0.2, 0.25) is 0 Å². The van der Waals surface area contributed by atoms with Crippen LogP contribution in [0.4, 0.5) is 0 Å². The van der Waals surface area contributed by atoms with E-state index in [0.717, 1.165) is 27.7 Å². The van der Waals surface area contributed by atoms with Gasteiger partial charge in [0.1, 0.15) is 0 Å². The average Bonchev–Trinajstić information content (AvgIpc) is 3.76. The molecule has 6 nitrogen and oxygen atoms in total. The fraction of sp³-hybridized carbons (Fsp3) is 0.0400. The fourth-order valence-electron chi connectivity index (χ4n) is 8.79. The van der Waals surface area contributed by atoms with Crippen LogP contribution in [0.1, 0.15) is 34.4 Å². The molecule has 56 heavy (non-hydrogen) atoms. The van der Waals surface area contributed by atoms with Gasteiger partial charge in [-0.3, -0.25) is 0 Å². The molecule has 7 aromatic carbocycles. The molecular formula is C50H34N6. The van der Waals surface area contributed by atoms with Gasteiger partial charge in [-0.25, -0.2) is 19.9 Å². The summed E-state index contributed by atoms with van der Waals surface area (Å²) >= 11 is 0. The Morgan fingerprint density at radius 2 is 1.02 bits per heavy atom. The Hall–Kier alpha value is -7.44. The molecule has 1 aliphatic heterocycles. The number of hydrogen-bond acceptors (Lipinski definition) is 5. The maximum absolute atomic E-state index is 5.18. The zero-order valence-corrected chi connectivity index (χ0v) is 30.3. The first-order chi connectivity index (χ1) is 27.8. The van der Waals surface area contributed by atoms with Crippen LogP contribution in [0, 0.1) is 0 Å². The molecule has 9 aromatic rings. The molecule has 2 aliphatic rings. The van der Waals surface area contributed by atoms with Gasteiger partial charge < -0.3 is 9.88 Å². The van der Waals surface area contributed by atoms with Crippen molar-refractivity contribution in [3.05, 3.63) is 216 Å². The Morgan fingerprint density at radius 3 is 1.64 bits per heavy atom. The Labute approximate surface area is 324 Å². The summed E-state index contributed by atoms with van der Waals surface area (Å²) in [6.07, 6.45) is 3.47. The highest BCUT2D eigenvalue weighted by Gasteiger charge is 2.46. The highest BCUT2D eigenvalue weighted by molar-refractivity contribution is 6.12. The van der Waals surface area contributed by atoms with Crippen LogP contribution >= 0.6 is 0 Å². The lowest BCUT2D eigenvalue weighted by Gasteiger charge is -2.34. The van der Waals surface area contributed by atoms with Crippen molar-refractivity contribution in [1.29, 1.82) is 0 Å². The van der Waals surface area contributed by atoms with Gasteiger partial charge in [-0.1, -0.05) is 164 Å². The first-order valence-electron chi connectivity index (χ1n) is 18.9. The number of aliphatic imine (C=N–C) groups is 1. The highest BCUT2D eigenvalue weighted by Crippen LogP contribution is 2.57. The van der Waals surface area contributed by atoms with E-state index in [0.29, 0.717) is 17.5 Å². The molecule has 1 aliphatic carbocycles. The average molecular weight is 719 g/mol. The minimum Gasteiger partial charge on any atom is -0.352 e. The van der Waals surface area contributed by atoms with Gasteiger partial charge in [-0.05, 0) is 51.6 Å². The molecule has 0 radical (unpaired) electrons. The lowest BCUT2D eigenvalue weighted by atomic mass is 9.67. The third-order valence-corrected chi connectivity index (χ3v) is 11.2. The van der Waals surface area contributed by atoms with Gasteiger partial charge >= 0.3 is 0 Å². The predicted molar refractivity (Wildman–Crippen MR) is 226 cm³/mol. The van der Waals surface area contributed by atoms with Crippen molar-refractivity contribution in [2.75, 3.05) is 0 Å². The summed E-state index contributed by atoms with van der Waals surface area (Å²) in [6.45, 7) is 0. The number of aromatic nitrogens is 4. The molecule has 0 spiro atoms. The van der Waals surface area contributed by atoms with Crippen LogP contribution in [-0.2, 0) is 5.41 Å². The van der Waals surface area contributed by atoms with E-state index < -0.39 is 11.7 Å². The summed E-state index contributed by atoms with van der Waals surface area (Å²) < 4.78 is 2.33. The van der Waals surface area contributed by atoms with Crippen LogP contribution in [0.15, 0.2) is 193 Å². The molecule has 1 unspecified atom stereocenters. The van der Waals surface area contributed by atoms with E-state index in [2.05, 4.69) is 131 Å². The lowest BCUT2D eigenvalue weighted by Crippen LogP contribution is -2.28. The van der Waals surface area contributed by atoms with Crippen LogP contribution in [0.5, 0.6) is 0 Å². The van der Waals surface area contributed by atoms with Crippen molar-refractivity contribution in [1.82, 2.24) is 24.8 Å². The topological polar surface area (TPSA) is 68.0 Å². The summed E-state index contributed by atoms with van der Waals surface area (Å²) in [5, 5.41) is 6.02. The zero-order chi connectivity index (χ0) is 37.1. The number of para-hydroxylation sites is 1. The molecule has 0 fully saturated rings. The Balaban J connectivity index is 1.08. The van der Waals surface area contributed by atoms with E-state index in [1.54, 1.807) is 0 Å². The minimum atomic E-state index is -0.508. The molecule has 0 amide bonds. The third kappa shape index (κ3) is 4.89. The maximum Gasteiger partial charge on any atom is 0.200 e. The van der Waals surface area contributed by atoms with Gasteiger partial charge in [0.05, 0.1) is 22.0 Å². The van der Waals surface area contributed by atoms with Crippen LogP contribution in [0.3, 0.4) is 0 Å². The summed E-state index contributed by atoms with van der Waals surface area (Å²) in [5.41, 5.74) is 11.9. The van der Waals surface area contributed by atoms with Crippen LogP contribution < -0.4 is 5.32 Å². The Bertz CT molecular complexity index is 2890. The standard InChI is InChI=1S/C50H34N6/c1-5-17-33(18-6-1)46-53-47(34-19-7-2-8-20-34)55-48(54-46)35-31-51-49(52-32-35)56-44-28-16-14-26-39(44)41-29-40-38-25-13-15-27-42(38)50(43(40)30-45(41)56,36-21-9-3-10-22-36)37-23-11-4-12-24-37/h1-32,49,51H. The van der Waals surface area contributed by atoms with E-state index in [-0.39, 0.29) is 0 Å². The molecule has 264 valence electrons. The normalized spacial score (nSPS) is 15.3. The molecular weight excluding hydrogens is 685 g/mol. The van der Waals surface area contributed by atoms with Crippen LogP contribution in [-0.4, -0.2) is 25.7 Å². The van der Waals surface area contributed by atoms with E-state index in [1.807, 2.05) is 73.1 Å². The second-order valence-electron chi connectivity index (χ2n) is 14.3. The zero-order valence-electron chi connectivity index (χ0n) is 30.3. The minimum absolute atomic E-state index is 0.408. The SMILES string of the molecule is C1=NC(n2c3ccccc3c3cc4c(cc32)C(c2ccccc2)(c2ccccc2)c2ccccc2-4)NC=C1c1nc(-c2ccccc2)nc(-c2ccccc2)n1. The van der Waals surface area contributed by atoms with Crippen molar-refractivity contribution in [2.45, 2.75) is 11.7 Å². The predicted octanol–water partition coefficient (Wildman–Crippen LogP) is 10.8. The van der Waals surface area contributed by atoms with Crippen LogP contribution in [0.2, 0.25) is 0 Å². The van der Waals surface area contributed by atoms with Gasteiger partial charge in [0.25, 0.3) is 0 Å². The van der Waals surface area contributed by atoms with E-state index in [1.165, 1.54) is 44.2 Å². The van der Waals surface area contributed by atoms with Gasteiger partial charge in [0.15, 0.2) is 23.8 Å². The molecule has 0 saturated heterocycles. The largest absolute Gasteiger partial charge is 0.352 e. The van der Waals surface area contributed by atoms with E-state index in [4.69, 9.17) is 19.9 Å². The van der Waals surface area contributed by atoms with Crippen molar-refractivity contribution in [3.8, 4) is 33.9 Å². The highest BCUT2D eigenvalue weighted by atomic mass is 15.3. The second kappa shape index (κ2) is 12.9. The molecule has 3 heterocycles. The first kappa shape index (κ1) is 32.0. The number of nitrogens with one attached hydrogen (secondary N) is 1. The molecule has 1 atom stereocenters. The summed E-state index contributed by atoms with van der Waals surface area (Å²) in [4.78, 5) is 19.9. The molecule has 11 rings (SSSR count). The van der Waals surface area contributed by atoms with Crippen LogP contribution in [0.25, 0.3) is 61.3 Å². The fourth-order valence-corrected chi connectivity index (χ4v) is 8.79. The molecule has 2 aromatic heterocycles. The van der Waals surface area contributed by atoms with Gasteiger partial charge in [0, 0.05) is 34.3 Å². The second-order valence-corrected chi connectivity index (χ2v) is 14.3. The number of nitrogens with zero attached hydrogens (tertiary/aromatic N) is 5. The van der Waals surface area contributed by atoms with Gasteiger partial charge in [-0.15, -0.1) is 0 Å². The summed E-state index contributed by atoms with van der Waals surface area (Å²) in [5.74, 6) is 1.78. The Morgan fingerprint density at radius 1 is 0.464 bits per heavy atom. The molecule has 0 bridgehead atoms.